The van der Waals surface area contributed by atoms with Crippen LogP contribution in [0.5, 0.6) is 0 Å². The Morgan fingerprint density at radius 1 is 1.44 bits per heavy atom. The summed E-state index contributed by atoms with van der Waals surface area (Å²) in [4.78, 5) is 13.8. The van der Waals surface area contributed by atoms with Gasteiger partial charge in [-0.1, -0.05) is 12.1 Å². The Morgan fingerprint density at radius 3 is 2.81 bits per heavy atom. The highest BCUT2D eigenvalue weighted by Gasteiger charge is 2.22. The van der Waals surface area contributed by atoms with Crippen LogP contribution in [0.15, 0.2) is 24.3 Å². The maximum absolute atomic E-state index is 11.6. The van der Waals surface area contributed by atoms with Gasteiger partial charge in [0.05, 0.1) is 0 Å². The summed E-state index contributed by atoms with van der Waals surface area (Å²) < 4.78 is 0. The maximum Gasteiger partial charge on any atom is 0.161 e. The van der Waals surface area contributed by atoms with Crippen LogP contribution in [0.1, 0.15) is 23.7 Å². The molecule has 0 saturated carbocycles. The zero-order valence-electron chi connectivity index (χ0n) is 9.77. The second-order valence-electron chi connectivity index (χ2n) is 4.20. The van der Waals surface area contributed by atoms with Crippen molar-refractivity contribution in [3.8, 4) is 0 Å². The summed E-state index contributed by atoms with van der Waals surface area (Å²) in [5.41, 5.74) is 1.91. The third-order valence-electron chi connectivity index (χ3n) is 3.12. The van der Waals surface area contributed by atoms with Gasteiger partial charge in [-0.05, 0) is 31.2 Å². The average molecular weight is 235 g/mol. The first-order valence-corrected chi connectivity index (χ1v) is 6.76. The number of thioether (sulfide) groups is 1. The highest BCUT2D eigenvalue weighted by atomic mass is 32.2. The Kier molecular flexibility index (Phi) is 3.54. The van der Waals surface area contributed by atoms with Crippen LogP contribution in [-0.4, -0.2) is 30.4 Å². The molecule has 16 heavy (non-hydrogen) atoms. The first kappa shape index (κ1) is 11.5. The predicted molar refractivity (Wildman–Crippen MR) is 70.6 cm³/mol. The molecule has 0 aromatic heterocycles. The number of nitrogens with zero attached hydrogens (tertiary/aromatic N) is 1. The van der Waals surface area contributed by atoms with E-state index >= 15 is 0 Å². The van der Waals surface area contributed by atoms with Gasteiger partial charge in [-0.3, -0.25) is 4.79 Å². The fraction of sp³-hybridized carbons (Fsp3) is 0.462. The number of ketones is 1. The molecule has 0 radical (unpaired) electrons. The quantitative estimate of drug-likeness (QED) is 0.751. The fourth-order valence-corrected chi connectivity index (χ4v) is 3.37. The summed E-state index contributed by atoms with van der Waals surface area (Å²) in [6.07, 6.45) is 1.22. The lowest BCUT2D eigenvalue weighted by molar-refractivity contribution is 0.101. The SMILES string of the molecule is CC(=O)c1ccccc1N(C)C1CCSC1. The molecule has 3 heteroatoms. The number of anilines is 1. The third-order valence-corrected chi connectivity index (χ3v) is 4.26. The molecule has 0 amide bonds. The molecule has 1 atom stereocenters. The number of carbonyl (C=O) groups excluding carboxylic acids is 1. The zero-order chi connectivity index (χ0) is 11.5. The second-order valence-corrected chi connectivity index (χ2v) is 5.35. The van der Waals surface area contributed by atoms with E-state index in [-0.39, 0.29) is 5.78 Å². The van der Waals surface area contributed by atoms with Crippen LogP contribution in [0, 0.1) is 0 Å². The van der Waals surface area contributed by atoms with E-state index in [0.717, 1.165) is 11.3 Å². The molecule has 1 aromatic rings. The van der Waals surface area contributed by atoms with Crippen molar-refractivity contribution in [2.45, 2.75) is 19.4 Å². The van der Waals surface area contributed by atoms with E-state index in [9.17, 15) is 4.79 Å². The first-order chi connectivity index (χ1) is 7.70. The number of para-hydroxylation sites is 1. The molecule has 2 nitrogen and oxygen atoms in total. The molecule has 1 fully saturated rings. The van der Waals surface area contributed by atoms with Gasteiger partial charge in [0.2, 0.25) is 0 Å². The monoisotopic (exact) mass is 235 g/mol. The minimum Gasteiger partial charge on any atom is -0.370 e. The van der Waals surface area contributed by atoms with E-state index in [0.29, 0.717) is 6.04 Å². The largest absolute Gasteiger partial charge is 0.370 e. The maximum atomic E-state index is 11.6. The van der Waals surface area contributed by atoms with Crippen molar-refractivity contribution in [1.29, 1.82) is 0 Å². The minimum absolute atomic E-state index is 0.146. The van der Waals surface area contributed by atoms with Gasteiger partial charge in [0, 0.05) is 30.1 Å². The molecule has 0 spiro atoms. The molecule has 86 valence electrons. The van der Waals surface area contributed by atoms with Gasteiger partial charge in [0.15, 0.2) is 5.78 Å². The second kappa shape index (κ2) is 4.91. The Bertz CT molecular complexity index is 385. The van der Waals surface area contributed by atoms with Crippen LogP contribution >= 0.6 is 11.8 Å². The minimum atomic E-state index is 0.146. The van der Waals surface area contributed by atoms with E-state index in [4.69, 9.17) is 0 Å². The summed E-state index contributed by atoms with van der Waals surface area (Å²) in [6.45, 7) is 1.63. The van der Waals surface area contributed by atoms with Gasteiger partial charge in [-0.25, -0.2) is 0 Å². The van der Waals surface area contributed by atoms with Crippen LogP contribution in [0.25, 0.3) is 0 Å². The first-order valence-electron chi connectivity index (χ1n) is 5.60. The van der Waals surface area contributed by atoms with Gasteiger partial charge in [0.1, 0.15) is 0 Å². The summed E-state index contributed by atoms with van der Waals surface area (Å²) in [6, 6.07) is 8.46. The van der Waals surface area contributed by atoms with Gasteiger partial charge in [-0.15, -0.1) is 0 Å². The number of hydrogen-bond acceptors (Lipinski definition) is 3. The van der Waals surface area contributed by atoms with Crippen LogP contribution in [0.3, 0.4) is 0 Å². The Labute approximate surface area is 101 Å². The van der Waals surface area contributed by atoms with Gasteiger partial charge < -0.3 is 4.90 Å². The van der Waals surface area contributed by atoms with Crippen molar-refractivity contribution in [3.05, 3.63) is 29.8 Å². The normalized spacial score (nSPS) is 19.8. The van der Waals surface area contributed by atoms with E-state index in [1.165, 1.54) is 17.9 Å². The summed E-state index contributed by atoms with van der Waals surface area (Å²) in [5.74, 6) is 2.55. The summed E-state index contributed by atoms with van der Waals surface area (Å²) >= 11 is 1.99. The molecule has 0 bridgehead atoms. The van der Waals surface area contributed by atoms with E-state index < -0.39 is 0 Å². The standard InChI is InChI=1S/C13H17NOS/c1-10(15)12-5-3-4-6-13(12)14(2)11-7-8-16-9-11/h3-6,11H,7-9H2,1-2H3. The van der Waals surface area contributed by atoms with Crippen LogP contribution in [-0.2, 0) is 0 Å². The number of rotatable bonds is 3. The molecule has 1 aliphatic rings. The molecule has 2 rings (SSSR count). The summed E-state index contributed by atoms with van der Waals surface area (Å²) in [5, 5.41) is 0. The molecule has 0 N–H and O–H groups in total. The molecule has 1 saturated heterocycles. The van der Waals surface area contributed by atoms with Crippen LogP contribution in [0.4, 0.5) is 5.69 Å². The van der Waals surface area contributed by atoms with E-state index in [2.05, 4.69) is 11.9 Å². The van der Waals surface area contributed by atoms with Crippen LogP contribution in [0.2, 0.25) is 0 Å². The van der Waals surface area contributed by atoms with Crippen LogP contribution < -0.4 is 4.90 Å². The Hall–Kier alpha value is -0.960. The number of benzene rings is 1. The van der Waals surface area contributed by atoms with Gasteiger partial charge in [-0.2, -0.15) is 11.8 Å². The average Bonchev–Trinajstić information content (AvgIpc) is 2.81. The molecule has 1 heterocycles. The predicted octanol–water partition coefficient (Wildman–Crippen LogP) is 2.83. The Balaban J connectivity index is 2.27. The number of Topliss-reactive ketones (excluding diaryl/α,β-unsaturated/α-hetero) is 1. The molecular weight excluding hydrogens is 218 g/mol. The van der Waals surface area contributed by atoms with Crippen molar-refractivity contribution in [2.75, 3.05) is 23.5 Å². The zero-order valence-corrected chi connectivity index (χ0v) is 10.6. The van der Waals surface area contributed by atoms with Crippen molar-refractivity contribution < 1.29 is 4.79 Å². The highest BCUT2D eigenvalue weighted by Crippen LogP contribution is 2.28. The van der Waals surface area contributed by atoms with E-state index in [1.54, 1.807) is 6.92 Å². The van der Waals surface area contributed by atoms with Gasteiger partial charge in [0.25, 0.3) is 0 Å². The Morgan fingerprint density at radius 2 is 2.19 bits per heavy atom. The smallest absolute Gasteiger partial charge is 0.161 e. The molecule has 1 aromatic carbocycles. The topological polar surface area (TPSA) is 20.3 Å². The van der Waals surface area contributed by atoms with Crippen molar-refractivity contribution in [1.82, 2.24) is 0 Å². The molecular formula is C13H17NOS. The molecule has 1 aliphatic heterocycles. The molecule has 0 aliphatic carbocycles. The lowest BCUT2D eigenvalue weighted by Crippen LogP contribution is -2.32. The number of hydrogen-bond donors (Lipinski definition) is 0. The molecule has 1 unspecified atom stereocenters. The lowest BCUT2D eigenvalue weighted by Gasteiger charge is -2.27. The fourth-order valence-electron chi connectivity index (χ4n) is 2.10. The van der Waals surface area contributed by atoms with E-state index in [1.807, 2.05) is 36.0 Å². The van der Waals surface area contributed by atoms with Crippen molar-refractivity contribution in [3.63, 3.8) is 0 Å². The lowest BCUT2D eigenvalue weighted by atomic mass is 10.1. The van der Waals surface area contributed by atoms with Crippen molar-refractivity contribution >= 4 is 23.2 Å². The summed E-state index contributed by atoms with van der Waals surface area (Å²) in [7, 11) is 2.10. The van der Waals surface area contributed by atoms with Crippen molar-refractivity contribution in [2.24, 2.45) is 0 Å². The van der Waals surface area contributed by atoms with Gasteiger partial charge >= 0.3 is 0 Å². The highest BCUT2D eigenvalue weighted by molar-refractivity contribution is 7.99. The third kappa shape index (κ3) is 2.24. The number of carbonyl (C=O) groups is 1.